The summed E-state index contributed by atoms with van der Waals surface area (Å²) in [5.74, 6) is -0.357. The van der Waals surface area contributed by atoms with Crippen LogP contribution in [-0.2, 0) is 10.0 Å². The van der Waals surface area contributed by atoms with E-state index in [9.17, 15) is 18.0 Å². The van der Waals surface area contributed by atoms with Gasteiger partial charge in [0.2, 0.25) is 10.0 Å². The Hall–Kier alpha value is -3.49. The predicted molar refractivity (Wildman–Crippen MR) is 132 cm³/mol. The fourth-order valence-electron chi connectivity index (χ4n) is 3.88. The maximum atomic E-state index is 13.1. The number of nitrogens with zero attached hydrogens (tertiary/aromatic N) is 1. The molecule has 3 aromatic rings. The lowest BCUT2D eigenvalue weighted by molar-refractivity contribution is 0.102. The van der Waals surface area contributed by atoms with Crippen LogP contribution in [0.25, 0.3) is 0 Å². The van der Waals surface area contributed by atoms with Crippen LogP contribution in [0.4, 0.5) is 11.4 Å². The highest BCUT2D eigenvalue weighted by atomic mass is 32.2. The molecule has 0 saturated carbocycles. The molecule has 4 rings (SSSR count). The molecule has 1 fully saturated rings. The van der Waals surface area contributed by atoms with Crippen LogP contribution in [0.5, 0.6) is 0 Å². The van der Waals surface area contributed by atoms with E-state index < -0.39 is 15.9 Å². The first kappa shape index (κ1) is 23.7. The van der Waals surface area contributed by atoms with E-state index in [1.807, 2.05) is 18.2 Å². The van der Waals surface area contributed by atoms with Crippen molar-refractivity contribution < 1.29 is 18.0 Å². The van der Waals surface area contributed by atoms with Gasteiger partial charge in [0.1, 0.15) is 0 Å². The second kappa shape index (κ2) is 10.2. The summed E-state index contributed by atoms with van der Waals surface area (Å²) in [6.45, 7) is 3.07. The standard InChI is InChI=1S/C26H27N3O4S/c1-19-14-16-29(17-15-19)34(32,33)22-11-7-8-20(18-22)25(30)28-24-13-6-5-12-23(24)26(31)27-21-9-3-2-4-10-21/h2-13,18-19H,14-17H2,1H3,(H,27,31)(H,28,30). The van der Waals surface area contributed by atoms with Crippen molar-refractivity contribution in [2.75, 3.05) is 23.7 Å². The first-order chi connectivity index (χ1) is 16.3. The number of carbonyl (C=O) groups excluding carboxylic acids is 2. The van der Waals surface area contributed by atoms with Crippen molar-refractivity contribution in [1.29, 1.82) is 0 Å². The van der Waals surface area contributed by atoms with E-state index in [0.29, 0.717) is 35.9 Å². The van der Waals surface area contributed by atoms with Crippen LogP contribution in [0.15, 0.2) is 83.8 Å². The van der Waals surface area contributed by atoms with Gasteiger partial charge in [-0.3, -0.25) is 9.59 Å². The van der Waals surface area contributed by atoms with Crippen LogP contribution in [0, 0.1) is 5.92 Å². The van der Waals surface area contributed by atoms with Crippen LogP contribution < -0.4 is 10.6 Å². The van der Waals surface area contributed by atoms with E-state index in [2.05, 4.69) is 17.6 Å². The van der Waals surface area contributed by atoms with Gasteiger partial charge in [0.15, 0.2) is 0 Å². The third-order valence-electron chi connectivity index (χ3n) is 5.93. The number of para-hydroxylation sites is 2. The summed E-state index contributed by atoms with van der Waals surface area (Å²) in [7, 11) is -3.68. The monoisotopic (exact) mass is 477 g/mol. The predicted octanol–water partition coefficient (Wildman–Crippen LogP) is 4.61. The van der Waals surface area contributed by atoms with Crippen molar-refractivity contribution in [3.05, 3.63) is 90.0 Å². The largest absolute Gasteiger partial charge is 0.322 e. The van der Waals surface area contributed by atoms with Crippen molar-refractivity contribution >= 4 is 33.2 Å². The van der Waals surface area contributed by atoms with Gasteiger partial charge in [-0.25, -0.2) is 8.42 Å². The highest BCUT2D eigenvalue weighted by Gasteiger charge is 2.28. The molecule has 7 nitrogen and oxygen atoms in total. The van der Waals surface area contributed by atoms with Crippen molar-refractivity contribution in [2.45, 2.75) is 24.7 Å². The fourth-order valence-corrected chi connectivity index (χ4v) is 5.39. The summed E-state index contributed by atoms with van der Waals surface area (Å²) >= 11 is 0. The molecular formula is C26H27N3O4S. The van der Waals surface area contributed by atoms with Crippen LogP contribution in [0.2, 0.25) is 0 Å². The fraction of sp³-hybridized carbons (Fsp3) is 0.231. The zero-order valence-electron chi connectivity index (χ0n) is 18.9. The molecule has 0 spiro atoms. The Morgan fingerprint density at radius 1 is 0.824 bits per heavy atom. The first-order valence-corrected chi connectivity index (χ1v) is 12.7. The minimum Gasteiger partial charge on any atom is -0.322 e. The molecule has 0 unspecified atom stereocenters. The second-order valence-corrected chi connectivity index (χ2v) is 10.4. The summed E-state index contributed by atoms with van der Waals surface area (Å²) in [5, 5.41) is 5.55. The molecule has 0 radical (unpaired) electrons. The van der Waals surface area contributed by atoms with Gasteiger partial charge in [-0.15, -0.1) is 0 Å². The molecule has 0 aliphatic carbocycles. The number of rotatable bonds is 6. The third-order valence-corrected chi connectivity index (χ3v) is 7.82. The SMILES string of the molecule is CC1CCN(S(=O)(=O)c2cccc(C(=O)Nc3ccccc3C(=O)Nc3ccccc3)c2)CC1. The Bertz CT molecular complexity index is 1280. The summed E-state index contributed by atoms with van der Waals surface area (Å²) in [4.78, 5) is 25.9. The summed E-state index contributed by atoms with van der Waals surface area (Å²) in [6.07, 6.45) is 1.64. The smallest absolute Gasteiger partial charge is 0.257 e. The van der Waals surface area contributed by atoms with E-state index in [4.69, 9.17) is 0 Å². The lowest BCUT2D eigenvalue weighted by Crippen LogP contribution is -2.37. The summed E-state index contributed by atoms with van der Waals surface area (Å²) in [6, 6.07) is 21.7. The highest BCUT2D eigenvalue weighted by molar-refractivity contribution is 7.89. The van der Waals surface area contributed by atoms with E-state index in [1.165, 1.54) is 16.4 Å². The molecule has 3 aromatic carbocycles. The summed E-state index contributed by atoms with van der Waals surface area (Å²) < 4.78 is 27.7. The lowest BCUT2D eigenvalue weighted by Gasteiger charge is -2.29. The van der Waals surface area contributed by atoms with Crippen LogP contribution in [-0.4, -0.2) is 37.6 Å². The molecule has 1 aliphatic heterocycles. The maximum Gasteiger partial charge on any atom is 0.257 e. The molecular weight excluding hydrogens is 450 g/mol. The third kappa shape index (κ3) is 5.35. The van der Waals surface area contributed by atoms with Crippen molar-refractivity contribution in [3.63, 3.8) is 0 Å². The Kier molecular flexibility index (Phi) is 7.09. The zero-order valence-corrected chi connectivity index (χ0v) is 19.7. The van der Waals surface area contributed by atoms with Crippen molar-refractivity contribution in [2.24, 2.45) is 5.92 Å². The van der Waals surface area contributed by atoms with E-state index in [0.717, 1.165) is 12.8 Å². The molecule has 0 aromatic heterocycles. The maximum absolute atomic E-state index is 13.1. The quantitative estimate of drug-likeness (QED) is 0.542. The topological polar surface area (TPSA) is 95.6 Å². The highest BCUT2D eigenvalue weighted by Crippen LogP contribution is 2.25. The van der Waals surface area contributed by atoms with Gasteiger partial charge in [-0.05, 0) is 61.2 Å². The van der Waals surface area contributed by atoms with Crippen molar-refractivity contribution in [3.8, 4) is 0 Å². The normalized spacial score (nSPS) is 15.0. The van der Waals surface area contributed by atoms with Gasteiger partial charge in [0.25, 0.3) is 11.8 Å². The lowest BCUT2D eigenvalue weighted by atomic mass is 10.0. The number of piperidine rings is 1. The molecule has 1 saturated heterocycles. The van der Waals surface area contributed by atoms with Crippen LogP contribution >= 0.6 is 0 Å². The van der Waals surface area contributed by atoms with Crippen molar-refractivity contribution in [1.82, 2.24) is 4.31 Å². The molecule has 1 aliphatic rings. The Morgan fingerprint density at radius 2 is 1.50 bits per heavy atom. The molecule has 1 heterocycles. The Morgan fingerprint density at radius 3 is 2.24 bits per heavy atom. The number of sulfonamides is 1. The number of benzene rings is 3. The number of amides is 2. The molecule has 8 heteroatoms. The average molecular weight is 478 g/mol. The minimum atomic E-state index is -3.68. The van der Waals surface area contributed by atoms with Gasteiger partial charge in [0.05, 0.1) is 16.1 Å². The summed E-state index contributed by atoms with van der Waals surface area (Å²) in [5.41, 5.74) is 1.47. The average Bonchev–Trinajstić information content (AvgIpc) is 2.85. The Balaban J connectivity index is 1.52. The Labute approximate surface area is 199 Å². The van der Waals surface area contributed by atoms with E-state index in [-0.39, 0.29) is 16.4 Å². The van der Waals surface area contributed by atoms with Gasteiger partial charge < -0.3 is 10.6 Å². The minimum absolute atomic E-state index is 0.0878. The number of carbonyl (C=O) groups is 2. The number of hydrogen-bond donors (Lipinski definition) is 2. The molecule has 0 bridgehead atoms. The molecule has 2 N–H and O–H groups in total. The van der Waals surface area contributed by atoms with Crippen LogP contribution in [0.1, 0.15) is 40.5 Å². The molecule has 0 atom stereocenters. The van der Waals surface area contributed by atoms with E-state index >= 15 is 0 Å². The molecule has 176 valence electrons. The van der Waals surface area contributed by atoms with Gasteiger partial charge in [-0.1, -0.05) is 43.3 Å². The second-order valence-electron chi connectivity index (χ2n) is 8.43. The number of anilines is 2. The van der Waals surface area contributed by atoms with Gasteiger partial charge >= 0.3 is 0 Å². The van der Waals surface area contributed by atoms with Gasteiger partial charge in [0, 0.05) is 24.3 Å². The number of hydrogen-bond acceptors (Lipinski definition) is 4. The molecule has 34 heavy (non-hydrogen) atoms. The van der Waals surface area contributed by atoms with Gasteiger partial charge in [-0.2, -0.15) is 4.31 Å². The number of nitrogens with one attached hydrogen (secondary N) is 2. The van der Waals surface area contributed by atoms with Crippen LogP contribution in [0.3, 0.4) is 0 Å². The van der Waals surface area contributed by atoms with E-state index in [1.54, 1.807) is 48.5 Å². The first-order valence-electron chi connectivity index (χ1n) is 11.2. The zero-order chi connectivity index (χ0) is 24.1. The molecule has 2 amide bonds.